The van der Waals surface area contributed by atoms with Gasteiger partial charge in [-0.3, -0.25) is 14.7 Å². The normalized spacial score (nSPS) is 11.2. The predicted octanol–water partition coefficient (Wildman–Crippen LogP) is 0.920. The zero-order valence-electron chi connectivity index (χ0n) is 11.8. The van der Waals surface area contributed by atoms with Crippen molar-refractivity contribution in [3.8, 4) is 5.69 Å². The van der Waals surface area contributed by atoms with Crippen molar-refractivity contribution in [2.45, 2.75) is 13.5 Å². The van der Waals surface area contributed by atoms with Crippen LogP contribution < -0.4 is 11.1 Å². The fourth-order valence-electron chi connectivity index (χ4n) is 2.56. The third-order valence-corrected chi connectivity index (χ3v) is 3.63. The highest BCUT2D eigenvalue weighted by Gasteiger charge is 2.14. The van der Waals surface area contributed by atoms with Crippen molar-refractivity contribution < 1.29 is 9.50 Å². The van der Waals surface area contributed by atoms with E-state index in [9.17, 15) is 14.0 Å². The number of benzene rings is 1. The molecular weight excluding hydrogens is 289 g/mol. The molecule has 22 heavy (non-hydrogen) atoms. The molecule has 0 saturated heterocycles. The number of aliphatic hydroxyl groups excluding tert-OH is 1. The third kappa shape index (κ3) is 2.15. The van der Waals surface area contributed by atoms with Gasteiger partial charge in [0.05, 0.1) is 23.2 Å². The number of aryl methyl sites for hydroxylation is 1. The number of hydrogen-bond donors (Lipinski definition) is 2. The monoisotopic (exact) mass is 303 g/mol. The zero-order valence-corrected chi connectivity index (χ0v) is 11.8. The largest absolute Gasteiger partial charge is 0.395 e. The first-order valence-electron chi connectivity index (χ1n) is 6.75. The number of halogens is 1. The minimum Gasteiger partial charge on any atom is -0.395 e. The summed E-state index contributed by atoms with van der Waals surface area (Å²) in [4.78, 5) is 24.6. The van der Waals surface area contributed by atoms with Gasteiger partial charge in [0.1, 0.15) is 5.82 Å². The van der Waals surface area contributed by atoms with E-state index in [1.54, 1.807) is 6.92 Å². The summed E-state index contributed by atoms with van der Waals surface area (Å²) in [6.45, 7) is 1.59. The fourth-order valence-corrected chi connectivity index (χ4v) is 2.56. The average Bonchev–Trinajstić information content (AvgIpc) is 2.81. The van der Waals surface area contributed by atoms with Gasteiger partial charge in [0.2, 0.25) is 0 Å². The van der Waals surface area contributed by atoms with Gasteiger partial charge in [-0.25, -0.2) is 9.07 Å². The van der Waals surface area contributed by atoms with Crippen LogP contribution in [0.25, 0.3) is 16.6 Å². The molecular formula is C15H14FN3O3. The Bertz CT molecular complexity index is 951. The third-order valence-electron chi connectivity index (χ3n) is 3.63. The van der Waals surface area contributed by atoms with Gasteiger partial charge in [0, 0.05) is 18.3 Å². The minimum absolute atomic E-state index is 0.127. The molecule has 0 bridgehead atoms. The van der Waals surface area contributed by atoms with Crippen molar-refractivity contribution in [1.82, 2.24) is 14.3 Å². The average molecular weight is 303 g/mol. The highest BCUT2D eigenvalue weighted by atomic mass is 19.1. The van der Waals surface area contributed by atoms with Crippen molar-refractivity contribution in [2.24, 2.45) is 0 Å². The van der Waals surface area contributed by atoms with E-state index in [2.05, 4.69) is 5.10 Å². The summed E-state index contributed by atoms with van der Waals surface area (Å²) in [5.41, 5.74) is 0.741. The molecule has 0 radical (unpaired) electrons. The predicted molar refractivity (Wildman–Crippen MR) is 79.9 cm³/mol. The van der Waals surface area contributed by atoms with Crippen LogP contribution in [0.4, 0.5) is 4.39 Å². The van der Waals surface area contributed by atoms with Gasteiger partial charge >= 0.3 is 0 Å². The maximum atomic E-state index is 13.0. The number of pyridine rings is 1. The molecule has 2 aromatic heterocycles. The highest BCUT2D eigenvalue weighted by molar-refractivity contribution is 5.80. The van der Waals surface area contributed by atoms with Gasteiger partial charge in [-0.1, -0.05) is 0 Å². The number of fused-ring (bicyclic) bond motifs is 1. The van der Waals surface area contributed by atoms with E-state index < -0.39 is 5.82 Å². The van der Waals surface area contributed by atoms with E-state index in [1.807, 2.05) is 0 Å². The van der Waals surface area contributed by atoms with E-state index in [-0.39, 0.29) is 24.3 Å². The second-order valence-electron chi connectivity index (χ2n) is 4.96. The topological polar surface area (TPSA) is 80.0 Å². The second-order valence-corrected chi connectivity index (χ2v) is 4.96. The maximum absolute atomic E-state index is 13.0. The molecule has 2 heterocycles. The summed E-state index contributed by atoms with van der Waals surface area (Å²) < 4.78 is 15.6. The Hall–Kier alpha value is -2.67. The van der Waals surface area contributed by atoms with Crippen molar-refractivity contribution >= 4 is 10.9 Å². The molecule has 3 aromatic rings. The number of rotatable bonds is 3. The molecule has 114 valence electrons. The molecule has 0 amide bonds. The Balaban J connectivity index is 2.30. The zero-order chi connectivity index (χ0) is 15.9. The SMILES string of the molecule is Cc1c2c(=O)n(-c3ccc(F)cc3)[nH]c2cc(=O)n1CCO. The summed E-state index contributed by atoms with van der Waals surface area (Å²) in [6, 6.07) is 6.78. The first-order chi connectivity index (χ1) is 10.5. The molecule has 0 unspecified atom stereocenters. The lowest BCUT2D eigenvalue weighted by molar-refractivity contribution is 0.273. The lowest BCUT2D eigenvalue weighted by Crippen LogP contribution is -2.24. The molecule has 0 aliphatic heterocycles. The number of aromatic nitrogens is 3. The van der Waals surface area contributed by atoms with Crippen LogP contribution in [0.2, 0.25) is 0 Å². The molecule has 0 aliphatic carbocycles. The molecule has 0 aliphatic rings. The molecule has 3 rings (SSSR count). The van der Waals surface area contributed by atoms with Gasteiger partial charge in [-0.2, -0.15) is 0 Å². The number of aromatic amines is 1. The van der Waals surface area contributed by atoms with E-state index >= 15 is 0 Å². The van der Waals surface area contributed by atoms with Gasteiger partial charge in [0.25, 0.3) is 11.1 Å². The van der Waals surface area contributed by atoms with E-state index in [0.29, 0.717) is 22.3 Å². The number of hydrogen-bond acceptors (Lipinski definition) is 3. The van der Waals surface area contributed by atoms with E-state index in [1.165, 1.54) is 39.6 Å². The van der Waals surface area contributed by atoms with E-state index in [4.69, 9.17) is 5.11 Å². The van der Waals surface area contributed by atoms with Crippen LogP contribution in [0.1, 0.15) is 5.69 Å². The molecule has 0 atom stereocenters. The van der Waals surface area contributed by atoms with Gasteiger partial charge in [-0.05, 0) is 31.2 Å². The smallest absolute Gasteiger partial charge is 0.280 e. The lowest BCUT2D eigenvalue weighted by atomic mass is 10.2. The van der Waals surface area contributed by atoms with Crippen LogP contribution in [0.15, 0.2) is 39.9 Å². The Morgan fingerprint density at radius 2 is 1.91 bits per heavy atom. The van der Waals surface area contributed by atoms with Crippen LogP contribution in [0.5, 0.6) is 0 Å². The summed E-state index contributed by atoms with van der Waals surface area (Å²) in [5.74, 6) is -0.397. The molecule has 6 nitrogen and oxygen atoms in total. The molecule has 0 saturated carbocycles. The Kier molecular flexibility index (Phi) is 3.42. The highest BCUT2D eigenvalue weighted by Crippen LogP contribution is 2.13. The van der Waals surface area contributed by atoms with Crippen LogP contribution in [-0.4, -0.2) is 26.1 Å². The lowest BCUT2D eigenvalue weighted by Gasteiger charge is -2.07. The Morgan fingerprint density at radius 3 is 2.55 bits per heavy atom. The molecule has 0 spiro atoms. The minimum atomic E-state index is -0.397. The Morgan fingerprint density at radius 1 is 1.23 bits per heavy atom. The van der Waals surface area contributed by atoms with E-state index in [0.717, 1.165) is 0 Å². The van der Waals surface area contributed by atoms with Crippen LogP contribution in [0, 0.1) is 12.7 Å². The van der Waals surface area contributed by atoms with Crippen molar-refractivity contribution in [3.63, 3.8) is 0 Å². The summed E-state index contributed by atoms with van der Waals surface area (Å²) in [7, 11) is 0. The van der Waals surface area contributed by atoms with Crippen LogP contribution >= 0.6 is 0 Å². The van der Waals surface area contributed by atoms with Crippen LogP contribution in [0.3, 0.4) is 0 Å². The summed E-state index contributed by atoms with van der Waals surface area (Å²) in [5, 5.41) is 12.3. The molecule has 1 aromatic carbocycles. The Labute approximate surface area is 124 Å². The van der Waals surface area contributed by atoms with Gasteiger partial charge in [-0.15, -0.1) is 0 Å². The standard InChI is InChI=1S/C15H14FN3O3/c1-9-14-12(8-13(21)18(9)6-7-20)17-19(15(14)22)11-4-2-10(16)3-5-11/h2-5,8,17,20H,6-7H2,1H3. The quantitative estimate of drug-likeness (QED) is 0.755. The van der Waals surface area contributed by atoms with Crippen molar-refractivity contribution in [3.05, 3.63) is 62.6 Å². The molecule has 7 heteroatoms. The second kappa shape index (κ2) is 5.27. The molecule has 2 N–H and O–H groups in total. The van der Waals surface area contributed by atoms with Crippen molar-refractivity contribution in [2.75, 3.05) is 6.61 Å². The summed E-state index contributed by atoms with van der Waals surface area (Å²) >= 11 is 0. The first kappa shape index (κ1) is 14.3. The van der Waals surface area contributed by atoms with Crippen molar-refractivity contribution in [1.29, 1.82) is 0 Å². The fraction of sp³-hybridized carbons (Fsp3) is 0.200. The van der Waals surface area contributed by atoms with Crippen LogP contribution in [-0.2, 0) is 6.54 Å². The number of nitrogens with zero attached hydrogens (tertiary/aromatic N) is 2. The number of aliphatic hydroxyl groups is 1. The maximum Gasteiger partial charge on any atom is 0.280 e. The molecule has 0 fully saturated rings. The van der Waals surface area contributed by atoms with Gasteiger partial charge < -0.3 is 9.67 Å². The summed E-state index contributed by atoms with van der Waals surface area (Å²) in [6.07, 6.45) is 0. The number of nitrogens with one attached hydrogen (secondary N) is 1. The van der Waals surface area contributed by atoms with Gasteiger partial charge in [0.15, 0.2) is 0 Å². The number of H-pyrrole nitrogens is 1. The first-order valence-corrected chi connectivity index (χ1v) is 6.75.